The van der Waals surface area contributed by atoms with Gasteiger partial charge in [0.05, 0.1) is 13.0 Å². The number of rotatable bonds is 5. The molecule has 0 spiro atoms. The Bertz CT molecular complexity index is 375. The summed E-state index contributed by atoms with van der Waals surface area (Å²) in [4.78, 5) is 18.2. The predicted molar refractivity (Wildman–Crippen MR) is 69.0 cm³/mol. The third-order valence-electron chi connectivity index (χ3n) is 3.32. The highest BCUT2D eigenvalue weighted by atomic mass is 16.5. The number of ether oxygens (including phenoxy) is 1. The molecule has 2 heterocycles. The molecule has 1 unspecified atom stereocenters. The Kier molecular flexibility index (Phi) is 4.70. The molecule has 1 aromatic heterocycles. The summed E-state index contributed by atoms with van der Waals surface area (Å²) in [7, 11) is 0. The number of carbonyl (C=O) groups is 1. The van der Waals surface area contributed by atoms with Crippen molar-refractivity contribution in [1.82, 2.24) is 9.88 Å². The lowest BCUT2D eigenvalue weighted by molar-refractivity contribution is -0.144. The molecule has 2 rings (SSSR count). The van der Waals surface area contributed by atoms with Crippen LogP contribution in [0.1, 0.15) is 37.8 Å². The van der Waals surface area contributed by atoms with Crippen molar-refractivity contribution in [3.05, 3.63) is 30.1 Å². The fourth-order valence-electron chi connectivity index (χ4n) is 2.46. The standard InChI is InChI=1S/C14H20N2O2/c1-2-18-14(17)10-13(16-8-3-4-9-16)12-6-5-7-15-11-12/h5-7,11,13H,2-4,8-10H2,1H3. The first-order chi connectivity index (χ1) is 8.81. The second kappa shape index (κ2) is 6.50. The Morgan fingerprint density at radius 3 is 2.89 bits per heavy atom. The van der Waals surface area contributed by atoms with Crippen LogP contribution in [0.15, 0.2) is 24.5 Å². The van der Waals surface area contributed by atoms with Crippen LogP contribution in [0.3, 0.4) is 0 Å². The van der Waals surface area contributed by atoms with Gasteiger partial charge in [0.15, 0.2) is 0 Å². The van der Waals surface area contributed by atoms with E-state index in [-0.39, 0.29) is 12.0 Å². The van der Waals surface area contributed by atoms with E-state index in [1.165, 1.54) is 12.8 Å². The quantitative estimate of drug-likeness (QED) is 0.749. The minimum Gasteiger partial charge on any atom is -0.466 e. The van der Waals surface area contributed by atoms with Gasteiger partial charge >= 0.3 is 5.97 Å². The third-order valence-corrected chi connectivity index (χ3v) is 3.32. The summed E-state index contributed by atoms with van der Waals surface area (Å²) in [6.07, 6.45) is 6.44. The van der Waals surface area contributed by atoms with Crippen LogP contribution in [0.25, 0.3) is 0 Å². The molecule has 1 fully saturated rings. The van der Waals surface area contributed by atoms with Crippen molar-refractivity contribution in [3.8, 4) is 0 Å². The van der Waals surface area contributed by atoms with Crippen LogP contribution in [-0.4, -0.2) is 35.5 Å². The number of hydrogen-bond acceptors (Lipinski definition) is 4. The minimum atomic E-state index is -0.127. The van der Waals surface area contributed by atoms with Gasteiger partial charge in [-0.2, -0.15) is 0 Å². The summed E-state index contributed by atoms with van der Waals surface area (Å²) in [5, 5.41) is 0. The van der Waals surface area contributed by atoms with E-state index in [0.717, 1.165) is 18.7 Å². The van der Waals surface area contributed by atoms with Gasteiger partial charge in [0.2, 0.25) is 0 Å². The molecule has 0 aliphatic carbocycles. The van der Waals surface area contributed by atoms with Crippen molar-refractivity contribution in [1.29, 1.82) is 0 Å². The van der Waals surface area contributed by atoms with Gasteiger partial charge in [-0.3, -0.25) is 14.7 Å². The van der Waals surface area contributed by atoms with Gasteiger partial charge in [0.25, 0.3) is 0 Å². The Morgan fingerprint density at radius 2 is 2.28 bits per heavy atom. The number of pyridine rings is 1. The molecule has 0 bridgehead atoms. The van der Waals surface area contributed by atoms with Gasteiger partial charge < -0.3 is 4.74 Å². The molecule has 1 saturated heterocycles. The summed E-state index contributed by atoms with van der Waals surface area (Å²) in [5.41, 5.74) is 1.10. The minimum absolute atomic E-state index is 0.111. The van der Waals surface area contributed by atoms with Crippen LogP contribution < -0.4 is 0 Å². The van der Waals surface area contributed by atoms with Crippen LogP contribution in [0.2, 0.25) is 0 Å². The maximum absolute atomic E-state index is 11.7. The third kappa shape index (κ3) is 3.29. The van der Waals surface area contributed by atoms with E-state index >= 15 is 0 Å². The maximum Gasteiger partial charge on any atom is 0.307 e. The van der Waals surface area contributed by atoms with E-state index < -0.39 is 0 Å². The van der Waals surface area contributed by atoms with Gasteiger partial charge in [-0.05, 0) is 44.5 Å². The Balaban J connectivity index is 2.10. The summed E-state index contributed by atoms with van der Waals surface area (Å²) >= 11 is 0. The molecule has 98 valence electrons. The largest absolute Gasteiger partial charge is 0.466 e. The highest BCUT2D eigenvalue weighted by Gasteiger charge is 2.26. The van der Waals surface area contributed by atoms with Crippen molar-refractivity contribution in [3.63, 3.8) is 0 Å². The number of nitrogens with zero attached hydrogens (tertiary/aromatic N) is 2. The molecule has 1 atom stereocenters. The van der Waals surface area contributed by atoms with Crippen LogP contribution in [-0.2, 0) is 9.53 Å². The van der Waals surface area contributed by atoms with Gasteiger partial charge in [0.1, 0.15) is 0 Å². The number of esters is 1. The maximum atomic E-state index is 11.7. The zero-order valence-electron chi connectivity index (χ0n) is 10.8. The van der Waals surface area contributed by atoms with E-state index in [9.17, 15) is 4.79 Å². The molecule has 1 aromatic rings. The number of likely N-dealkylation sites (tertiary alicyclic amines) is 1. The van der Waals surface area contributed by atoms with Gasteiger partial charge in [-0.25, -0.2) is 0 Å². The summed E-state index contributed by atoms with van der Waals surface area (Å²) < 4.78 is 5.07. The number of hydrogen-bond donors (Lipinski definition) is 0. The molecule has 4 nitrogen and oxygen atoms in total. The van der Waals surface area contributed by atoms with Crippen molar-refractivity contribution in [2.24, 2.45) is 0 Å². The molecular formula is C14H20N2O2. The smallest absolute Gasteiger partial charge is 0.307 e. The molecule has 0 N–H and O–H groups in total. The average Bonchev–Trinajstić information content (AvgIpc) is 2.91. The highest BCUT2D eigenvalue weighted by molar-refractivity contribution is 5.70. The highest BCUT2D eigenvalue weighted by Crippen LogP contribution is 2.27. The first-order valence-corrected chi connectivity index (χ1v) is 6.61. The Labute approximate surface area is 108 Å². The van der Waals surface area contributed by atoms with E-state index in [2.05, 4.69) is 9.88 Å². The van der Waals surface area contributed by atoms with Gasteiger partial charge in [-0.15, -0.1) is 0 Å². The predicted octanol–water partition coefficient (Wildman–Crippen LogP) is 2.17. The van der Waals surface area contributed by atoms with Crippen LogP contribution in [0.5, 0.6) is 0 Å². The molecule has 0 saturated carbocycles. The van der Waals surface area contributed by atoms with Crippen molar-refractivity contribution >= 4 is 5.97 Å². The lowest BCUT2D eigenvalue weighted by Crippen LogP contribution is -2.28. The van der Waals surface area contributed by atoms with Crippen LogP contribution in [0, 0.1) is 0 Å². The van der Waals surface area contributed by atoms with Crippen molar-refractivity contribution < 1.29 is 9.53 Å². The lowest BCUT2D eigenvalue weighted by atomic mass is 10.0. The summed E-state index contributed by atoms with van der Waals surface area (Å²) in [5.74, 6) is -0.127. The van der Waals surface area contributed by atoms with Gasteiger partial charge in [0, 0.05) is 18.4 Å². The average molecular weight is 248 g/mol. The molecule has 1 aliphatic rings. The monoisotopic (exact) mass is 248 g/mol. The second-order valence-electron chi connectivity index (χ2n) is 4.55. The van der Waals surface area contributed by atoms with Crippen LogP contribution in [0.4, 0.5) is 0 Å². The van der Waals surface area contributed by atoms with E-state index in [4.69, 9.17) is 4.74 Å². The summed E-state index contributed by atoms with van der Waals surface area (Å²) in [6.45, 7) is 4.39. The normalized spacial score (nSPS) is 17.6. The molecule has 18 heavy (non-hydrogen) atoms. The summed E-state index contributed by atoms with van der Waals surface area (Å²) in [6, 6.07) is 4.07. The van der Waals surface area contributed by atoms with Crippen molar-refractivity contribution in [2.75, 3.05) is 19.7 Å². The molecular weight excluding hydrogens is 228 g/mol. The second-order valence-corrected chi connectivity index (χ2v) is 4.55. The molecule has 0 amide bonds. The van der Waals surface area contributed by atoms with Crippen LogP contribution >= 0.6 is 0 Å². The lowest BCUT2D eigenvalue weighted by Gasteiger charge is -2.26. The SMILES string of the molecule is CCOC(=O)CC(c1cccnc1)N1CCCC1. The van der Waals surface area contributed by atoms with Gasteiger partial charge in [-0.1, -0.05) is 6.07 Å². The fraction of sp³-hybridized carbons (Fsp3) is 0.571. The van der Waals surface area contributed by atoms with E-state index in [1.54, 1.807) is 6.20 Å². The first kappa shape index (κ1) is 13.0. The number of carbonyl (C=O) groups excluding carboxylic acids is 1. The Morgan fingerprint density at radius 1 is 1.50 bits per heavy atom. The fourth-order valence-corrected chi connectivity index (χ4v) is 2.46. The molecule has 1 aliphatic heterocycles. The first-order valence-electron chi connectivity index (χ1n) is 6.61. The Hall–Kier alpha value is -1.42. The number of aromatic nitrogens is 1. The molecule has 4 heteroatoms. The topological polar surface area (TPSA) is 42.4 Å². The zero-order valence-corrected chi connectivity index (χ0v) is 10.8. The van der Waals surface area contributed by atoms with E-state index in [0.29, 0.717) is 13.0 Å². The van der Waals surface area contributed by atoms with E-state index in [1.807, 2.05) is 25.3 Å². The molecule has 0 radical (unpaired) electrons. The van der Waals surface area contributed by atoms with Crippen molar-refractivity contribution in [2.45, 2.75) is 32.2 Å². The zero-order chi connectivity index (χ0) is 12.8. The molecule has 0 aromatic carbocycles.